The summed E-state index contributed by atoms with van der Waals surface area (Å²) in [6.07, 6.45) is -1.93. The first-order valence-electron chi connectivity index (χ1n) is 7.97. The highest BCUT2D eigenvalue weighted by Gasteiger charge is 2.42. The van der Waals surface area contributed by atoms with Crippen molar-refractivity contribution in [2.45, 2.75) is 51.4 Å². The molecule has 2 fully saturated rings. The molecule has 0 unspecified atom stereocenters. The quantitative estimate of drug-likeness (QED) is 0.778. The number of likely N-dealkylation sites (tertiary alicyclic amines) is 2. The number of rotatable bonds is 5. The molecular formula is C15H25F3N2O2. The summed E-state index contributed by atoms with van der Waals surface area (Å²) in [5.74, 6) is 0.115. The molecular weight excluding hydrogens is 297 g/mol. The van der Waals surface area contributed by atoms with E-state index in [2.05, 4.69) is 13.8 Å². The predicted octanol–water partition coefficient (Wildman–Crippen LogP) is 2.29. The molecule has 0 aromatic carbocycles. The van der Waals surface area contributed by atoms with E-state index >= 15 is 0 Å². The first-order valence-corrected chi connectivity index (χ1v) is 7.97. The molecule has 2 saturated heterocycles. The van der Waals surface area contributed by atoms with E-state index in [9.17, 15) is 18.0 Å². The van der Waals surface area contributed by atoms with Crippen LogP contribution in [0.3, 0.4) is 0 Å². The molecule has 2 aliphatic rings. The van der Waals surface area contributed by atoms with Crippen LogP contribution in [0.4, 0.5) is 13.2 Å². The van der Waals surface area contributed by atoms with Gasteiger partial charge in [-0.3, -0.25) is 9.69 Å². The van der Waals surface area contributed by atoms with E-state index in [0.717, 1.165) is 37.4 Å². The van der Waals surface area contributed by atoms with Crippen molar-refractivity contribution < 1.29 is 22.7 Å². The van der Waals surface area contributed by atoms with Crippen molar-refractivity contribution in [2.24, 2.45) is 5.92 Å². The van der Waals surface area contributed by atoms with Crippen molar-refractivity contribution in [1.29, 1.82) is 0 Å². The van der Waals surface area contributed by atoms with Crippen molar-refractivity contribution in [3.8, 4) is 0 Å². The fourth-order valence-corrected chi connectivity index (χ4v) is 3.12. The van der Waals surface area contributed by atoms with E-state index in [4.69, 9.17) is 4.74 Å². The molecule has 128 valence electrons. The summed E-state index contributed by atoms with van der Waals surface area (Å²) in [5, 5.41) is 0. The Morgan fingerprint density at radius 3 is 2.36 bits per heavy atom. The molecule has 0 aliphatic carbocycles. The minimum absolute atomic E-state index is 0.201. The monoisotopic (exact) mass is 322 g/mol. The molecule has 0 bridgehead atoms. The largest absolute Gasteiger partial charge is 0.406 e. The zero-order valence-electron chi connectivity index (χ0n) is 13.2. The van der Waals surface area contributed by atoms with Gasteiger partial charge in [0.2, 0.25) is 5.91 Å². The molecule has 0 saturated carbocycles. The van der Waals surface area contributed by atoms with Crippen LogP contribution in [-0.4, -0.2) is 66.8 Å². The Balaban J connectivity index is 1.79. The number of carbonyl (C=O) groups excluding carboxylic acids is 1. The van der Waals surface area contributed by atoms with Gasteiger partial charge >= 0.3 is 6.18 Å². The smallest absolute Gasteiger partial charge is 0.378 e. The van der Waals surface area contributed by atoms with Crippen molar-refractivity contribution in [3.63, 3.8) is 0 Å². The molecule has 1 atom stereocenters. The molecule has 22 heavy (non-hydrogen) atoms. The molecule has 2 aliphatic heterocycles. The second kappa shape index (κ2) is 7.17. The van der Waals surface area contributed by atoms with Crippen LogP contribution in [0.1, 0.15) is 33.1 Å². The summed E-state index contributed by atoms with van der Waals surface area (Å²) < 4.78 is 43.1. The topological polar surface area (TPSA) is 32.8 Å². The van der Waals surface area contributed by atoms with Crippen LogP contribution < -0.4 is 0 Å². The molecule has 2 rings (SSSR count). The fraction of sp³-hybridized carbons (Fsp3) is 0.933. The maximum absolute atomic E-state index is 12.4. The summed E-state index contributed by atoms with van der Waals surface area (Å²) in [5.41, 5.74) is 0. The van der Waals surface area contributed by atoms with Gasteiger partial charge in [0.1, 0.15) is 6.54 Å². The van der Waals surface area contributed by atoms with Crippen LogP contribution in [0.2, 0.25) is 0 Å². The van der Waals surface area contributed by atoms with E-state index in [1.807, 2.05) is 4.90 Å². The van der Waals surface area contributed by atoms with Gasteiger partial charge in [0.15, 0.2) is 0 Å². The van der Waals surface area contributed by atoms with Gasteiger partial charge in [0, 0.05) is 26.2 Å². The predicted molar refractivity (Wildman–Crippen MR) is 76.4 cm³/mol. The van der Waals surface area contributed by atoms with E-state index in [1.165, 1.54) is 0 Å². The van der Waals surface area contributed by atoms with E-state index in [1.54, 1.807) is 0 Å². The molecule has 0 spiro atoms. The lowest BCUT2D eigenvalue weighted by molar-refractivity contribution is -0.159. The second-order valence-electron chi connectivity index (χ2n) is 6.64. The lowest BCUT2D eigenvalue weighted by atomic mass is 10.0. The summed E-state index contributed by atoms with van der Waals surface area (Å²) in [6.45, 7) is 5.44. The third-order valence-corrected chi connectivity index (χ3v) is 4.22. The Hall–Kier alpha value is -0.820. The maximum atomic E-state index is 12.4. The number of alkyl halides is 3. The van der Waals surface area contributed by atoms with Crippen LogP contribution in [-0.2, 0) is 9.53 Å². The summed E-state index contributed by atoms with van der Waals surface area (Å²) in [6, 6.07) is -0.381. The maximum Gasteiger partial charge on any atom is 0.406 e. The standard InChI is InChI=1S/C15H25F3N2O2/c1-11(2)9-22-12-3-6-19(7-4-12)13-5-8-20(14(13)21)10-15(16,17)18/h11-13H,3-10H2,1-2H3/t13-/m1/s1. The molecule has 0 radical (unpaired) electrons. The van der Waals surface area contributed by atoms with Crippen molar-refractivity contribution >= 4 is 5.91 Å². The number of hydrogen-bond donors (Lipinski definition) is 0. The number of piperidine rings is 1. The van der Waals surface area contributed by atoms with Crippen LogP contribution in [0.5, 0.6) is 0 Å². The molecule has 4 nitrogen and oxygen atoms in total. The number of carbonyl (C=O) groups is 1. The van der Waals surface area contributed by atoms with Crippen LogP contribution in [0.25, 0.3) is 0 Å². The first kappa shape index (κ1) is 17.5. The van der Waals surface area contributed by atoms with Gasteiger partial charge in [0.05, 0.1) is 12.1 Å². The lowest BCUT2D eigenvalue weighted by Crippen LogP contribution is -2.48. The summed E-state index contributed by atoms with van der Waals surface area (Å²) in [7, 11) is 0. The Morgan fingerprint density at radius 1 is 1.18 bits per heavy atom. The van der Waals surface area contributed by atoms with Crippen LogP contribution in [0.15, 0.2) is 0 Å². The van der Waals surface area contributed by atoms with Gasteiger partial charge in [-0.1, -0.05) is 13.8 Å². The molecule has 1 amide bonds. The Kier molecular flexibility index (Phi) is 5.71. The molecule has 7 heteroatoms. The third kappa shape index (κ3) is 4.84. The average Bonchev–Trinajstić information content (AvgIpc) is 2.77. The van der Waals surface area contributed by atoms with Crippen molar-refractivity contribution in [1.82, 2.24) is 9.80 Å². The van der Waals surface area contributed by atoms with E-state index < -0.39 is 12.7 Å². The zero-order valence-corrected chi connectivity index (χ0v) is 13.2. The Labute approximate surface area is 129 Å². The van der Waals surface area contributed by atoms with E-state index in [-0.39, 0.29) is 24.6 Å². The Morgan fingerprint density at radius 2 is 1.82 bits per heavy atom. The van der Waals surface area contributed by atoms with Gasteiger partial charge in [0.25, 0.3) is 0 Å². The molecule has 0 aromatic heterocycles. The average molecular weight is 322 g/mol. The van der Waals surface area contributed by atoms with Crippen LogP contribution in [0, 0.1) is 5.92 Å². The van der Waals surface area contributed by atoms with Crippen molar-refractivity contribution in [2.75, 3.05) is 32.8 Å². The normalized spacial score (nSPS) is 25.5. The highest BCUT2D eigenvalue weighted by atomic mass is 19.4. The molecule has 0 aromatic rings. The van der Waals surface area contributed by atoms with Gasteiger partial charge in [-0.2, -0.15) is 13.2 Å². The van der Waals surface area contributed by atoms with Gasteiger partial charge in [-0.15, -0.1) is 0 Å². The summed E-state index contributed by atoms with van der Waals surface area (Å²) >= 11 is 0. The highest BCUT2D eigenvalue weighted by Crippen LogP contribution is 2.26. The number of halogens is 3. The molecule has 2 heterocycles. The van der Waals surface area contributed by atoms with Crippen LogP contribution >= 0.6 is 0 Å². The van der Waals surface area contributed by atoms with Gasteiger partial charge in [-0.25, -0.2) is 0 Å². The summed E-state index contributed by atoms with van der Waals surface area (Å²) in [4.78, 5) is 15.1. The Bertz CT molecular complexity index is 379. The minimum atomic E-state index is -4.32. The first-order chi connectivity index (χ1) is 10.3. The minimum Gasteiger partial charge on any atom is -0.378 e. The number of ether oxygens (including phenoxy) is 1. The SMILES string of the molecule is CC(C)COC1CCN([C@@H]2CCN(CC(F)(F)F)C2=O)CC1. The van der Waals surface area contributed by atoms with Gasteiger partial charge < -0.3 is 9.64 Å². The number of nitrogens with zero attached hydrogens (tertiary/aromatic N) is 2. The third-order valence-electron chi connectivity index (χ3n) is 4.22. The highest BCUT2D eigenvalue weighted by molar-refractivity contribution is 5.84. The lowest BCUT2D eigenvalue weighted by Gasteiger charge is -2.35. The second-order valence-corrected chi connectivity index (χ2v) is 6.64. The molecule has 0 N–H and O–H groups in total. The van der Waals surface area contributed by atoms with Gasteiger partial charge in [-0.05, 0) is 25.2 Å². The van der Waals surface area contributed by atoms with Crippen molar-refractivity contribution in [3.05, 3.63) is 0 Å². The zero-order chi connectivity index (χ0) is 16.3. The number of hydrogen-bond acceptors (Lipinski definition) is 3. The fourth-order valence-electron chi connectivity index (χ4n) is 3.12. The van der Waals surface area contributed by atoms with E-state index in [0.29, 0.717) is 12.3 Å². The number of amides is 1.